The molecular weight excluding hydrogens is 251 g/mol. The van der Waals surface area contributed by atoms with Crippen molar-refractivity contribution < 1.29 is 0 Å². The summed E-state index contributed by atoms with van der Waals surface area (Å²) in [5, 5.41) is 1.31. The molecule has 0 aliphatic heterocycles. The fraction of sp³-hybridized carbons (Fsp3) is 0.111. The minimum absolute atomic E-state index is 0.295. The largest absolute Gasteiger partial charge is 0.223 e. The molecule has 0 N–H and O–H groups in total. The lowest BCUT2D eigenvalue weighted by atomic mass is 10.2. The van der Waals surface area contributed by atoms with Gasteiger partial charge in [-0.25, -0.2) is 9.97 Å². The van der Waals surface area contributed by atoms with Crippen molar-refractivity contribution in [1.82, 2.24) is 9.97 Å². The van der Waals surface area contributed by atoms with Crippen LogP contribution >= 0.6 is 27.5 Å². The van der Waals surface area contributed by atoms with Crippen LogP contribution in [-0.2, 0) is 0 Å². The van der Waals surface area contributed by atoms with E-state index in [-0.39, 0.29) is 0 Å². The van der Waals surface area contributed by atoms with Gasteiger partial charge in [0.15, 0.2) is 0 Å². The van der Waals surface area contributed by atoms with E-state index in [9.17, 15) is 0 Å². The zero-order valence-corrected chi connectivity index (χ0v) is 9.22. The highest BCUT2D eigenvalue weighted by Crippen LogP contribution is 2.25. The van der Waals surface area contributed by atoms with Gasteiger partial charge in [-0.05, 0) is 30.7 Å². The Morgan fingerprint density at radius 3 is 2.85 bits per heavy atom. The van der Waals surface area contributed by atoms with Crippen molar-refractivity contribution in [3.8, 4) is 0 Å². The molecule has 0 saturated carbocycles. The van der Waals surface area contributed by atoms with Gasteiger partial charge in [0.25, 0.3) is 0 Å². The molecule has 1 aromatic heterocycles. The summed E-state index contributed by atoms with van der Waals surface area (Å²) in [6.07, 6.45) is 0. The van der Waals surface area contributed by atoms with Crippen LogP contribution in [0.5, 0.6) is 0 Å². The first-order valence-corrected chi connectivity index (χ1v) is 4.94. The van der Waals surface area contributed by atoms with Gasteiger partial charge in [0.2, 0.25) is 5.28 Å². The van der Waals surface area contributed by atoms with E-state index >= 15 is 0 Å². The van der Waals surface area contributed by atoms with Crippen LogP contribution in [0, 0.1) is 6.92 Å². The van der Waals surface area contributed by atoms with Crippen molar-refractivity contribution in [3.63, 3.8) is 0 Å². The Kier molecular flexibility index (Phi) is 2.22. The average Bonchev–Trinajstić information content (AvgIpc) is 2.02. The number of aryl methyl sites for hydroxylation is 1. The van der Waals surface area contributed by atoms with Gasteiger partial charge in [-0.15, -0.1) is 0 Å². The zero-order valence-electron chi connectivity index (χ0n) is 6.88. The first-order chi connectivity index (χ1) is 6.18. The summed E-state index contributed by atoms with van der Waals surface area (Å²) in [5.41, 5.74) is 1.76. The number of nitrogens with zero attached hydrogens (tertiary/aromatic N) is 2. The molecule has 13 heavy (non-hydrogen) atoms. The molecule has 0 amide bonds. The Morgan fingerprint density at radius 1 is 1.31 bits per heavy atom. The van der Waals surface area contributed by atoms with Gasteiger partial charge in [-0.3, -0.25) is 0 Å². The van der Waals surface area contributed by atoms with Crippen molar-refractivity contribution >= 4 is 38.4 Å². The topological polar surface area (TPSA) is 25.8 Å². The lowest BCUT2D eigenvalue weighted by Gasteiger charge is -2.02. The van der Waals surface area contributed by atoms with E-state index in [4.69, 9.17) is 11.6 Å². The number of fused-ring (bicyclic) bond motifs is 1. The minimum Gasteiger partial charge on any atom is -0.223 e. The van der Waals surface area contributed by atoms with Crippen LogP contribution in [-0.4, -0.2) is 9.97 Å². The number of benzene rings is 1. The normalized spacial score (nSPS) is 10.7. The summed E-state index contributed by atoms with van der Waals surface area (Å²) in [7, 11) is 0. The second-order valence-electron chi connectivity index (χ2n) is 2.71. The molecule has 1 heterocycles. The molecule has 0 radical (unpaired) electrons. The molecule has 0 saturated heterocycles. The maximum Gasteiger partial charge on any atom is 0.223 e. The Balaban J connectivity index is 2.94. The minimum atomic E-state index is 0.295. The van der Waals surface area contributed by atoms with Crippen molar-refractivity contribution in [3.05, 3.63) is 33.6 Å². The molecular formula is C9H6BrClN2. The molecule has 2 nitrogen and oxygen atoms in total. The molecule has 2 aromatic rings. The van der Waals surface area contributed by atoms with Crippen molar-refractivity contribution in [2.24, 2.45) is 0 Å². The van der Waals surface area contributed by atoms with Gasteiger partial charge >= 0.3 is 0 Å². The number of hydrogen-bond acceptors (Lipinski definition) is 2. The van der Waals surface area contributed by atoms with Gasteiger partial charge in [0.05, 0.1) is 11.2 Å². The van der Waals surface area contributed by atoms with E-state index < -0.39 is 0 Å². The quantitative estimate of drug-likeness (QED) is 0.676. The number of aromatic nitrogens is 2. The fourth-order valence-corrected chi connectivity index (χ4v) is 2.14. The highest BCUT2D eigenvalue weighted by molar-refractivity contribution is 9.10. The molecule has 0 bridgehead atoms. The summed E-state index contributed by atoms with van der Waals surface area (Å²) >= 11 is 9.19. The third-order valence-electron chi connectivity index (χ3n) is 1.83. The molecule has 0 atom stereocenters. The monoisotopic (exact) mass is 256 g/mol. The first-order valence-electron chi connectivity index (χ1n) is 3.77. The van der Waals surface area contributed by atoms with E-state index in [2.05, 4.69) is 25.9 Å². The van der Waals surface area contributed by atoms with Crippen LogP contribution in [0.25, 0.3) is 10.9 Å². The van der Waals surface area contributed by atoms with Crippen molar-refractivity contribution in [1.29, 1.82) is 0 Å². The lowest BCUT2D eigenvalue weighted by Crippen LogP contribution is -1.90. The average molecular weight is 258 g/mol. The Labute approximate surface area is 89.1 Å². The van der Waals surface area contributed by atoms with Crippen LogP contribution in [0.3, 0.4) is 0 Å². The van der Waals surface area contributed by atoms with Gasteiger partial charge in [0.1, 0.15) is 0 Å². The Hall–Kier alpha value is -0.670. The molecule has 0 spiro atoms. The standard InChI is InChI=1S/C9H6BrClN2/c1-5-8-6(10)3-2-4-7(8)13-9(11)12-5/h2-4H,1H3. The molecule has 66 valence electrons. The fourth-order valence-electron chi connectivity index (χ4n) is 1.28. The number of halogens is 2. The van der Waals surface area contributed by atoms with Crippen LogP contribution < -0.4 is 0 Å². The Bertz CT molecular complexity index is 470. The molecule has 2 rings (SSSR count). The molecule has 4 heteroatoms. The van der Waals surface area contributed by atoms with Crippen molar-refractivity contribution in [2.75, 3.05) is 0 Å². The second-order valence-corrected chi connectivity index (χ2v) is 3.90. The molecule has 0 aliphatic rings. The predicted octanol–water partition coefficient (Wildman–Crippen LogP) is 3.35. The van der Waals surface area contributed by atoms with E-state index in [1.165, 1.54) is 0 Å². The smallest absolute Gasteiger partial charge is 0.223 e. The van der Waals surface area contributed by atoms with Gasteiger partial charge < -0.3 is 0 Å². The summed E-state index contributed by atoms with van der Waals surface area (Å²) in [5.74, 6) is 0. The van der Waals surface area contributed by atoms with Crippen LogP contribution in [0.2, 0.25) is 5.28 Å². The van der Waals surface area contributed by atoms with E-state index in [0.717, 1.165) is 21.1 Å². The second kappa shape index (κ2) is 3.24. The van der Waals surface area contributed by atoms with Crippen LogP contribution in [0.4, 0.5) is 0 Å². The summed E-state index contributed by atoms with van der Waals surface area (Å²) in [4.78, 5) is 8.21. The molecule has 1 aromatic carbocycles. The number of hydrogen-bond donors (Lipinski definition) is 0. The number of rotatable bonds is 0. The maximum atomic E-state index is 5.74. The van der Waals surface area contributed by atoms with Gasteiger partial charge in [-0.1, -0.05) is 22.0 Å². The van der Waals surface area contributed by atoms with E-state index in [1.54, 1.807) is 0 Å². The Morgan fingerprint density at radius 2 is 2.08 bits per heavy atom. The highest BCUT2D eigenvalue weighted by atomic mass is 79.9. The predicted molar refractivity (Wildman–Crippen MR) is 57.0 cm³/mol. The van der Waals surface area contributed by atoms with E-state index in [0.29, 0.717) is 5.28 Å². The first kappa shape index (κ1) is 8.91. The van der Waals surface area contributed by atoms with Crippen LogP contribution in [0.15, 0.2) is 22.7 Å². The SMILES string of the molecule is Cc1nc(Cl)nc2cccc(Br)c12. The summed E-state index contributed by atoms with van der Waals surface area (Å²) < 4.78 is 0.999. The summed E-state index contributed by atoms with van der Waals surface area (Å²) in [6, 6.07) is 5.81. The van der Waals surface area contributed by atoms with Gasteiger partial charge in [-0.2, -0.15) is 0 Å². The van der Waals surface area contributed by atoms with Crippen molar-refractivity contribution in [2.45, 2.75) is 6.92 Å². The maximum absolute atomic E-state index is 5.74. The zero-order chi connectivity index (χ0) is 9.42. The highest BCUT2D eigenvalue weighted by Gasteiger charge is 2.05. The third-order valence-corrected chi connectivity index (χ3v) is 2.66. The molecule has 0 unspecified atom stereocenters. The summed E-state index contributed by atoms with van der Waals surface area (Å²) in [6.45, 7) is 1.92. The molecule has 0 fully saturated rings. The van der Waals surface area contributed by atoms with E-state index in [1.807, 2.05) is 25.1 Å². The van der Waals surface area contributed by atoms with Crippen LogP contribution in [0.1, 0.15) is 5.69 Å². The third kappa shape index (κ3) is 1.54. The lowest BCUT2D eigenvalue weighted by molar-refractivity contribution is 1.15. The van der Waals surface area contributed by atoms with Gasteiger partial charge in [0, 0.05) is 9.86 Å². The molecule has 0 aliphatic carbocycles.